The third-order valence-electron chi connectivity index (χ3n) is 18.2. The first-order valence-corrected chi connectivity index (χ1v) is 41.3. The lowest BCUT2D eigenvalue weighted by Gasteiger charge is -2.21. The monoisotopic (exact) mass is 1370 g/mol. The van der Waals surface area contributed by atoms with Crippen molar-refractivity contribution in [2.45, 2.75) is 388 Å². The first kappa shape index (κ1) is 91.1. The van der Waals surface area contributed by atoms with Gasteiger partial charge in [-0.1, -0.05) is 319 Å². The molecule has 0 amide bonds. The van der Waals surface area contributed by atoms with Crippen molar-refractivity contribution in [1.29, 1.82) is 0 Å². The summed E-state index contributed by atoms with van der Waals surface area (Å²) in [6.07, 6.45) is 47.4. The lowest BCUT2D eigenvalue weighted by atomic mass is 9.99. The van der Waals surface area contributed by atoms with E-state index in [0.717, 1.165) is 120 Å². The fraction of sp³-hybridized carbons (Fsp3) is 0.946. The van der Waals surface area contributed by atoms with Crippen LogP contribution in [0.2, 0.25) is 0 Å². The van der Waals surface area contributed by atoms with Gasteiger partial charge in [-0.05, 0) is 49.4 Å². The average Bonchev–Trinajstić information content (AvgIpc) is 1.71. The molecule has 0 aromatic heterocycles. The minimum absolute atomic E-state index is 0.102. The number of phosphoric ester groups is 2. The summed E-state index contributed by atoms with van der Waals surface area (Å²) in [5.74, 6) is 0.918. The Labute approximate surface area is 568 Å². The zero-order valence-electron chi connectivity index (χ0n) is 60.9. The molecule has 0 saturated heterocycles. The molecule has 0 aliphatic rings. The van der Waals surface area contributed by atoms with Crippen molar-refractivity contribution in [3.05, 3.63) is 0 Å². The molecule has 8 atom stereocenters. The average molecular weight is 1370 g/mol. The Bertz CT molecular complexity index is 1840. The Hall–Kier alpha value is -1.94. The molecule has 0 aliphatic carbocycles. The Morgan fingerprint density at radius 2 is 0.516 bits per heavy atom. The van der Waals surface area contributed by atoms with E-state index in [1.807, 2.05) is 0 Å². The van der Waals surface area contributed by atoms with Crippen LogP contribution in [0.4, 0.5) is 0 Å². The summed E-state index contributed by atoms with van der Waals surface area (Å²) in [4.78, 5) is 72.6. The molecule has 19 heteroatoms. The molecular formula is C74H144O17P2. The maximum atomic E-state index is 13.0. The third-order valence-corrected chi connectivity index (χ3v) is 20.1. The smallest absolute Gasteiger partial charge is 0.462 e. The van der Waals surface area contributed by atoms with Gasteiger partial charge in [-0.3, -0.25) is 37.3 Å². The number of carbonyl (C=O) groups is 4. The zero-order valence-corrected chi connectivity index (χ0v) is 62.7. The van der Waals surface area contributed by atoms with Gasteiger partial charge >= 0.3 is 39.5 Å². The summed E-state index contributed by atoms with van der Waals surface area (Å²) in [5.41, 5.74) is 0. The summed E-state index contributed by atoms with van der Waals surface area (Å²) >= 11 is 0. The van der Waals surface area contributed by atoms with Gasteiger partial charge < -0.3 is 33.8 Å². The van der Waals surface area contributed by atoms with E-state index in [1.165, 1.54) is 167 Å². The molecule has 0 saturated carbocycles. The molecule has 17 nitrogen and oxygen atoms in total. The van der Waals surface area contributed by atoms with E-state index in [4.69, 9.17) is 37.0 Å². The van der Waals surface area contributed by atoms with Crippen LogP contribution < -0.4 is 0 Å². The van der Waals surface area contributed by atoms with Crippen LogP contribution in [-0.2, 0) is 65.4 Å². The maximum absolute atomic E-state index is 13.0. The van der Waals surface area contributed by atoms with E-state index in [1.54, 1.807) is 0 Å². The van der Waals surface area contributed by atoms with Gasteiger partial charge in [0.2, 0.25) is 0 Å². The Morgan fingerprint density at radius 1 is 0.301 bits per heavy atom. The molecule has 0 fully saturated rings. The van der Waals surface area contributed by atoms with Gasteiger partial charge in [0, 0.05) is 25.7 Å². The van der Waals surface area contributed by atoms with Crippen molar-refractivity contribution < 1.29 is 80.2 Å². The summed E-state index contributed by atoms with van der Waals surface area (Å²) in [7, 11) is -9.91. The second-order valence-electron chi connectivity index (χ2n) is 27.9. The Morgan fingerprint density at radius 3 is 0.763 bits per heavy atom. The predicted molar refractivity (Wildman–Crippen MR) is 377 cm³/mol. The molecular weight excluding hydrogens is 1220 g/mol. The number of ether oxygens (including phenoxy) is 4. The van der Waals surface area contributed by atoms with Crippen LogP contribution in [0.25, 0.3) is 0 Å². The molecule has 6 unspecified atom stereocenters. The molecule has 552 valence electrons. The second kappa shape index (κ2) is 63.5. The van der Waals surface area contributed by atoms with Crippen LogP contribution in [0.3, 0.4) is 0 Å². The van der Waals surface area contributed by atoms with Crippen LogP contribution in [0.1, 0.15) is 370 Å². The van der Waals surface area contributed by atoms with Crippen molar-refractivity contribution in [2.75, 3.05) is 39.6 Å². The first-order valence-electron chi connectivity index (χ1n) is 38.3. The van der Waals surface area contributed by atoms with Gasteiger partial charge in [-0.2, -0.15) is 0 Å². The van der Waals surface area contributed by atoms with Gasteiger partial charge in [0.1, 0.15) is 19.3 Å². The third kappa shape index (κ3) is 64.5. The molecule has 0 rings (SSSR count). The van der Waals surface area contributed by atoms with E-state index in [0.29, 0.717) is 25.7 Å². The van der Waals surface area contributed by atoms with Crippen LogP contribution in [-0.4, -0.2) is 96.7 Å². The number of esters is 4. The van der Waals surface area contributed by atoms with Gasteiger partial charge in [-0.25, -0.2) is 9.13 Å². The highest BCUT2D eigenvalue weighted by Gasteiger charge is 2.30. The molecule has 3 N–H and O–H groups in total. The zero-order chi connectivity index (χ0) is 68.9. The highest BCUT2D eigenvalue weighted by Crippen LogP contribution is 2.45. The van der Waals surface area contributed by atoms with E-state index < -0.39 is 97.5 Å². The van der Waals surface area contributed by atoms with E-state index in [-0.39, 0.29) is 25.7 Å². The number of unbranched alkanes of at least 4 members (excludes halogenated alkanes) is 34. The number of aliphatic hydroxyl groups excluding tert-OH is 1. The van der Waals surface area contributed by atoms with Crippen molar-refractivity contribution in [1.82, 2.24) is 0 Å². The lowest BCUT2D eigenvalue weighted by Crippen LogP contribution is -2.30. The summed E-state index contributed by atoms with van der Waals surface area (Å²) in [6.45, 7) is 14.1. The van der Waals surface area contributed by atoms with Crippen molar-refractivity contribution in [3.63, 3.8) is 0 Å². The summed E-state index contributed by atoms with van der Waals surface area (Å²) in [5, 5.41) is 10.6. The Kier molecular flexibility index (Phi) is 62.2. The highest BCUT2D eigenvalue weighted by atomic mass is 31.2. The van der Waals surface area contributed by atoms with Crippen LogP contribution in [0.5, 0.6) is 0 Å². The molecule has 0 aromatic rings. The number of hydrogen-bond donors (Lipinski definition) is 3. The minimum Gasteiger partial charge on any atom is -0.462 e. The molecule has 0 bridgehead atoms. The molecule has 0 aromatic carbocycles. The number of aliphatic hydroxyl groups is 1. The fourth-order valence-corrected chi connectivity index (χ4v) is 12.7. The molecule has 0 radical (unpaired) electrons. The van der Waals surface area contributed by atoms with E-state index >= 15 is 0 Å². The van der Waals surface area contributed by atoms with Gasteiger partial charge in [-0.15, -0.1) is 0 Å². The first-order chi connectivity index (χ1) is 44.7. The lowest BCUT2D eigenvalue weighted by molar-refractivity contribution is -0.161. The van der Waals surface area contributed by atoms with E-state index in [9.17, 15) is 43.2 Å². The van der Waals surface area contributed by atoms with Crippen molar-refractivity contribution in [2.24, 2.45) is 23.7 Å². The maximum Gasteiger partial charge on any atom is 0.472 e. The molecule has 93 heavy (non-hydrogen) atoms. The Balaban J connectivity index is 5.16. The van der Waals surface area contributed by atoms with E-state index in [2.05, 4.69) is 55.4 Å². The van der Waals surface area contributed by atoms with Crippen LogP contribution in [0, 0.1) is 23.7 Å². The minimum atomic E-state index is -4.96. The topological polar surface area (TPSA) is 237 Å². The summed E-state index contributed by atoms with van der Waals surface area (Å²) in [6, 6.07) is 0. The molecule has 0 heterocycles. The largest absolute Gasteiger partial charge is 0.472 e. The van der Waals surface area contributed by atoms with Gasteiger partial charge in [0.15, 0.2) is 12.2 Å². The predicted octanol–water partition coefficient (Wildman–Crippen LogP) is 21.3. The molecule has 0 aliphatic heterocycles. The fourth-order valence-electron chi connectivity index (χ4n) is 11.1. The SMILES string of the molecule is CCC(C)CCCCCCCCCCCCCCCCCCCCC(=O)O[C@H](COC(=O)CCCCCCCCC(C)CC)COP(=O)(O)OCC(O)COP(=O)(O)OC[C@@H](COC(=O)CCCCCCCCCCC(C)C)OC(=O)CCCCCCCCC(C)CC. The number of rotatable bonds is 71. The number of hydrogen-bond acceptors (Lipinski definition) is 15. The van der Waals surface area contributed by atoms with Crippen LogP contribution in [0.15, 0.2) is 0 Å². The quantitative estimate of drug-likeness (QED) is 0.0222. The summed E-state index contributed by atoms with van der Waals surface area (Å²) < 4.78 is 68.3. The van der Waals surface area contributed by atoms with Crippen molar-refractivity contribution in [3.8, 4) is 0 Å². The second-order valence-corrected chi connectivity index (χ2v) is 30.8. The van der Waals surface area contributed by atoms with Crippen molar-refractivity contribution >= 4 is 39.5 Å². The molecule has 0 spiro atoms. The van der Waals surface area contributed by atoms with Gasteiger partial charge in [0.25, 0.3) is 0 Å². The van der Waals surface area contributed by atoms with Crippen LogP contribution >= 0.6 is 15.6 Å². The number of phosphoric acid groups is 2. The standard InChI is InChI=1S/C74H144O17P2/c1-9-65(6)51-43-35-27-22-20-18-16-14-12-13-15-17-19-21-23-29-40-48-56-73(78)90-69(61-85-72(77)55-47-39-32-30-36-44-52-66(7)10-2)62-88-92(80,81)86-58-68(75)59-87-93(82,83)89-63-70(91-74(79)57-49-41-33-31-37-45-53-67(8)11-3)60-84-71(76)54-46-38-28-25-24-26-34-42-50-64(4)5/h64-70,75H,9-63H2,1-8H3,(H,80,81)(H,82,83)/t65?,66?,67?,68?,69-,70-/m1/s1. The highest BCUT2D eigenvalue weighted by molar-refractivity contribution is 7.47. The van der Waals surface area contributed by atoms with Gasteiger partial charge in [0.05, 0.1) is 26.4 Å². The number of carbonyl (C=O) groups excluding carboxylic acids is 4. The normalized spacial score (nSPS) is 15.1.